The molecule has 2 fully saturated rings. The number of thiazole rings is 1. The summed E-state index contributed by atoms with van der Waals surface area (Å²) < 4.78 is 42.0. The highest BCUT2D eigenvalue weighted by atomic mass is 32.1. The summed E-state index contributed by atoms with van der Waals surface area (Å²) in [6, 6.07) is 21.7. The lowest BCUT2D eigenvalue weighted by atomic mass is 9.99. The Kier molecular flexibility index (Phi) is 9.36. The van der Waals surface area contributed by atoms with Crippen molar-refractivity contribution in [1.82, 2.24) is 20.5 Å². The van der Waals surface area contributed by atoms with Crippen molar-refractivity contribution in [3.8, 4) is 5.75 Å². The van der Waals surface area contributed by atoms with Crippen molar-refractivity contribution in [1.29, 1.82) is 0 Å². The number of aromatic nitrogens is 1. The number of aryl methyl sites for hydroxylation is 1. The van der Waals surface area contributed by atoms with Crippen LogP contribution in [-0.4, -0.2) is 57.9 Å². The summed E-state index contributed by atoms with van der Waals surface area (Å²) in [7, 11) is 0. The molecule has 4 aromatic rings. The number of carbonyl (C=O) groups excluding carboxylic acids is 2. The number of ether oxygens (including phenoxy) is 1. The average molecular weight is 665 g/mol. The number of aliphatic hydroxyl groups is 1. The third-order valence-corrected chi connectivity index (χ3v) is 9.82. The maximum atomic E-state index is 13.7. The number of benzene rings is 3. The highest BCUT2D eigenvalue weighted by Gasteiger charge is 2.60. The molecular formula is C35H35F3N4O4S. The average Bonchev–Trinajstić information content (AvgIpc) is 3.32. The van der Waals surface area contributed by atoms with E-state index in [0.29, 0.717) is 29.7 Å². The molecule has 12 heteroatoms. The molecule has 1 aromatic heterocycles. The second-order valence-corrected chi connectivity index (χ2v) is 13.0. The molecule has 47 heavy (non-hydrogen) atoms. The van der Waals surface area contributed by atoms with E-state index >= 15 is 0 Å². The summed E-state index contributed by atoms with van der Waals surface area (Å²) in [5.41, 5.74) is 2.14. The lowest BCUT2D eigenvalue weighted by Gasteiger charge is -2.27. The molecule has 0 radical (unpaired) electrons. The molecule has 3 N–H and O–H groups in total. The van der Waals surface area contributed by atoms with Gasteiger partial charge < -0.3 is 25.4 Å². The lowest BCUT2D eigenvalue weighted by molar-refractivity contribution is -0.274. The second kappa shape index (κ2) is 13.5. The number of rotatable bonds is 11. The normalized spacial score (nSPS) is 21.3. The van der Waals surface area contributed by atoms with Crippen LogP contribution in [0.25, 0.3) is 0 Å². The van der Waals surface area contributed by atoms with Gasteiger partial charge in [0.2, 0.25) is 0 Å². The van der Waals surface area contributed by atoms with E-state index in [2.05, 4.69) is 20.4 Å². The van der Waals surface area contributed by atoms with Crippen LogP contribution < -0.4 is 15.4 Å². The number of carbonyl (C=O) groups is 2. The number of nitrogens with one attached hydrogen (secondary N) is 2. The molecular weight excluding hydrogens is 629 g/mol. The van der Waals surface area contributed by atoms with Crippen LogP contribution >= 0.6 is 11.3 Å². The van der Waals surface area contributed by atoms with Gasteiger partial charge in [0, 0.05) is 47.8 Å². The number of amides is 2. The standard InChI is InChI=1S/C35H35F3N4O4S/c1-22-21-47-32(40-22)29-14-7-15-42(29)33(45)26-12-6-11-25(17-26)31(44)41-34(18-28(34)24-9-3-2-4-10-24)30(43)20-39-19-23-8-5-13-27(16-23)46-35(36,37)38/h2-6,8-13,16-17,21,28-30,39,43H,7,14-15,18-20H2,1H3,(H,41,44)/t28?,29-,30?,34?/m1/s1. The van der Waals surface area contributed by atoms with Gasteiger partial charge in [0.1, 0.15) is 10.8 Å². The molecule has 1 aliphatic carbocycles. The fourth-order valence-corrected chi connectivity index (χ4v) is 7.33. The summed E-state index contributed by atoms with van der Waals surface area (Å²) in [5, 5.41) is 20.5. The lowest BCUT2D eigenvalue weighted by Crippen LogP contribution is -2.51. The number of alkyl halides is 3. The van der Waals surface area contributed by atoms with Crippen molar-refractivity contribution in [2.24, 2.45) is 0 Å². The number of likely N-dealkylation sites (tertiary alicyclic amines) is 1. The van der Waals surface area contributed by atoms with E-state index in [-0.39, 0.29) is 36.7 Å². The molecule has 2 heterocycles. The van der Waals surface area contributed by atoms with Gasteiger partial charge in [0.05, 0.1) is 17.7 Å². The van der Waals surface area contributed by atoms with Crippen molar-refractivity contribution in [2.45, 2.75) is 62.7 Å². The molecule has 246 valence electrons. The topological polar surface area (TPSA) is 104 Å². The van der Waals surface area contributed by atoms with E-state index in [1.807, 2.05) is 47.5 Å². The van der Waals surface area contributed by atoms with Crippen LogP contribution in [0, 0.1) is 6.92 Å². The Morgan fingerprint density at radius 1 is 1.09 bits per heavy atom. The quantitative estimate of drug-likeness (QED) is 0.178. The van der Waals surface area contributed by atoms with Gasteiger partial charge in [-0.05, 0) is 67.6 Å². The monoisotopic (exact) mass is 664 g/mol. The molecule has 0 spiro atoms. The third kappa shape index (κ3) is 7.50. The van der Waals surface area contributed by atoms with Gasteiger partial charge in [-0.25, -0.2) is 4.98 Å². The van der Waals surface area contributed by atoms with Gasteiger partial charge in [-0.2, -0.15) is 0 Å². The Balaban J connectivity index is 1.15. The molecule has 2 aliphatic rings. The number of hydrogen-bond acceptors (Lipinski definition) is 7. The zero-order valence-corrected chi connectivity index (χ0v) is 26.5. The Morgan fingerprint density at radius 2 is 1.85 bits per heavy atom. The largest absolute Gasteiger partial charge is 0.573 e. The number of aliphatic hydroxyl groups excluding tert-OH is 1. The predicted octanol–water partition coefficient (Wildman–Crippen LogP) is 6.13. The molecule has 0 bridgehead atoms. The Hall–Kier alpha value is -4.26. The number of halogens is 3. The van der Waals surface area contributed by atoms with Crippen LogP contribution in [0.4, 0.5) is 13.2 Å². The van der Waals surface area contributed by atoms with Crippen LogP contribution in [0.5, 0.6) is 5.75 Å². The summed E-state index contributed by atoms with van der Waals surface area (Å²) in [6.07, 6.45) is -3.63. The zero-order valence-electron chi connectivity index (χ0n) is 25.7. The van der Waals surface area contributed by atoms with Gasteiger partial charge in [-0.3, -0.25) is 9.59 Å². The first-order chi connectivity index (χ1) is 22.5. The SMILES string of the molecule is Cc1csc([C@H]2CCCN2C(=O)c2cccc(C(=O)NC3(C(O)CNCc4cccc(OC(F)(F)F)c4)CC3c3ccccc3)c2)n1. The van der Waals surface area contributed by atoms with Crippen molar-refractivity contribution in [3.05, 3.63) is 117 Å². The molecule has 1 saturated carbocycles. The van der Waals surface area contributed by atoms with E-state index in [1.165, 1.54) is 18.2 Å². The molecule has 3 unspecified atom stereocenters. The van der Waals surface area contributed by atoms with Crippen LogP contribution in [-0.2, 0) is 6.54 Å². The molecule has 2 amide bonds. The predicted molar refractivity (Wildman–Crippen MR) is 171 cm³/mol. The Labute approximate surface area is 274 Å². The Morgan fingerprint density at radius 3 is 2.60 bits per heavy atom. The molecule has 8 nitrogen and oxygen atoms in total. The van der Waals surface area contributed by atoms with Gasteiger partial charge >= 0.3 is 6.36 Å². The summed E-state index contributed by atoms with van der Waals surface area (Å²) in [5.74, 6) is -1.06. The second-order valence-electron chi connectivity index (χ2n) is 12.1. The van der Waals surface area contributed by atoms with Gasteiger partial charge in [-0.15, -0.1) is 24.5 Å². The first-order valence-corrected chi connectivity index (χ1v) is 16.3. The van der Waals surface area contributed by atoms with E-state index in [0.717, 1.165) is 29.1 Å². The Bertz CT molecular complexity index is 1730. The smallest absolute Gasteiger partial charge is 0.406 e. The van der Waals surface area contributed by atoms with E-state index in [4.69, 9.17) is 0 Å². The molecule has 1 saturated heterocycles. The maximum absolute atomic E-state index is 13.7. The van der Waals surface area contributed by atoms with Crippen molar-refractivity contribution in [3.63, 3.8) is 0 Å². The van der Waals surface area contributed by atoms with Crippen molar-refractivity contribution < 1.29 is 32.6 Å². The fourth-order valence-electron chi connectivity index (χ4n) is 6.39. The van der Waals surface area contributed by atoms with Crippen LogP contribution in [0.2, 0.25) is 0 Å². The molecule has 3 aromatic carbocycles. The minimum absolute atomic E-state index is 0.0685. The maximum Gasteiger partial charge on any atom is 0.573 e. The molecule has 4 atom stereocenters. The van der Waals surface area contributed by atoms with Gasteiger partial charge in [-0.1, -0.05) is 48.5 Å². The van der Waals surface area contributed by atoms with Crippen molar-refractivity contribution >= 4 is 23.2 Å². The molecule has 6 rings (SSSR count). The highest BCUT2D eigenvalue weighted by molar-refractivity contribution is 7.09. The first kappa shape index (κ1) is 32.7. The van der Waals surface area contributed by atoms with E-state index in [1.54, 1.807) is 41.7 Å². The minimum atomic E-state index is -4.80. The summed E-state index contributed by atoms with van der Waals surface area (Å²) in [4.78, 5) is 33.8. The van der Waals surface area contributed by atoms with Gasteiger partial charge in [0.25, 0.3) is 11.8 Å². The highest BCUT2D eigenvalue weighted by Crippen LogP contribution is 2.53. The van der Waals surface area contributed by atoms with E-state index in [9.17, 15) is 27.9 Å². The van der Waals surface area contributed by atoms with E-state index < -0.39 is 23.9 Å². The summed E-state index contributed by atoms with van der Waals surface area (Å²) >= 11 is 1.55. The van der Waals surface area contributed by atoms with Crippen LogP contribution in [0.15, 0.2) is 84.2 Å². The molecule has 1 aliphatic heterocycles. The summed E-state index contributed by atoms with van der Waals surface area (Å²) in [6.45, 7) is 2.79. The first-order valence-electron chi connectivity index (χ1n) is 15.5. The number of hydrogen-bond donors (Lipinski definition) is 3. The minimum Gasteiger partial charge on any atom is -0.406 e. The van der Waals surface area contributed by atoms with Crippen LogP contribution in [0.3, 0.4) is 0 Å². The fraction of sp³-hybridized carbons (Fsp3) is 0.343. The number of nitrogens with zero attached hydrogens (tertiary/aromatic N) is 2. The van der Waals surface area contributed by atoms with Crippen molar-refractivity contribution in [2.75, 3.05) is 13.1 Å². The third-order valence-electron chi connectivity index (χ3n) is 8.75. The van der Waals surface area contributed by atoms with Crippen LogP contribution in [0.1, 0.15) is 73.8 Å². The van der Waals surface area contributed by atoms with Gasteiger partial charge in [0.15, 0.2) is 0 Å². The zero-order chi connectivity index (χ0) is 33.2.